The van der Waals surface area contributed by atoms with Crippen LogP contribution in [0.25, 0.3) is 0 Å². The molecule has 0 heterocycles. The molecule has 0 saturated heterocycles. The number of ether oxygens (including phenoxy) is 1. The fraction of sp³-hybridized carbons (Fsp3) is 0.929. The molecular weight excluding hydrogens is 244 g/mol. The van der Waals surface area contributed by atoms with Crippen LogP contribution in [0, 0.1) is 11.8 Å². The molecule has 1 aliphatic rings. The van der Waals surface area contributed by atoms with E-state index in [0.717, 1.165) is 0 Å². The fourth-order valence-electron chi connectivity index (χ4n) is 2.80. The van der Waals surface area contributed by atoms with Crippen LogP contribution in [0.3, 0.4) is 0 Å². The summed E-state index contributed by atoms with van der Waals surface area (Å²) in [7, 11) is -0.170. The summed E-state index contributed by atoms with van der Waals surface area (Å²) in [6.45, 7) is 8.51. The third kappa shape index (κ3) is 4.73. The molecule has 3 nitrogen and oxygen atoms in total. The van der Waals surface area contributed by atoms with E-state index in [1.165, 1.54) is 39.2 Å². The largest absolute Gasteiger partial charge is 0.469 e. The van der Waals surface area contributed by atoms with Crippen molar-refractivity contribution in [3.05, 3.63) is 0 Å². The maximum Gasteiger partial charge on any atom is 0.310 e. The summed E-state index contributed by atoms with van der Waals surface area (Å²) < 4.78 is 11.2. The van der Waals surface area contributed by atoms with E-state index in [1.54, 1.807) is 0 Å². The zero-order valence-corrected chi connectivity index (χ0v) is 13.5. The third-order valence-electron chi connectivity index (χ3n) is 3.67. The molecule has 1 aliphatic carbocycles. The molecule has 2 atom stereocenters. The van der Waals surface area contributed by atoms with E-state index in [0.29, 0.717) is 5.92 Å². The van der Waals surface area contributed by atoms with Crippen LogP contribution in [0.1, 0.15) is 39.0 Å². The zero-order chi connectivity index (χ0) is 13.8. The van der Waals surface area contributed by atoms with Crippen molar-refractivity contribution in [3.8, 4) is 0 Å². The van der Waals surface area contributed by atoms with Crippen LogP contribution >= 0.6 is 0 Å². The van der Waals surface area contributed by atoms with Gasteiger partial charge < -0.3 is 9.16 Å². The van der Waals surface area contributed by atoms with Gasteiger partial charge in [0.25, 0.3) is 0 Å². The molecule has 4 heteroatoms. The average Bonchev–Trinajstić information content (AvgIpc) is 2.34. The molecular formula is C14H28O3Si. The first-order valence-electron chi connectivity index (χ1n) is 7.11. The Morgan fingerprint density at radius 2 is 1.72 bits per heavy atom. The van der Waals surface area contributed by atoms with E-state index in [-0.39, 0.29) is 18.0 Å². The van der Waals surface area contributed by atoms with Crippen LogP contribution in [0.5, 0.6) is 0 Å². The van der Waals surface area contributed by atoms with Crippen molar-refractivity contribution in [2.45, 2.75) is 64.8 Å². The molecule has 0 N–H and O–H groups in total. The van der Waals surface area contributed by atoms with Crippen LogP contribution in [0.15, 0.2) is 0 Å². The van der Waals surface area contributed by atoms with Gasteiger partial charge in [-0.3, -0.25) is 4.79 Å². The van der Waals surface area contributed by atoms with Gasteiger partial charge in [0.2, 0.25) is 0 Å². The van der Waals surface area contributed by atoms with E-state index in [9.17, 15) is 4.79 Å². The van der Waals surface area contributed by atoms with Gasteiger partial charge in [0.05, 0.1) is 19.1 Å². The van der Waals surface area contributed by atoms with Crippen molar-refractivity contribution >= 4 is 14.3 Å². The quantitative estimate of drug-likeness (QED) is 0.566. The second-order valence-corrected chi connectivity index (χ2v) is 10.9. The molecule has 0 aliphatic heterocycles. The maximum atomic E-state index is 11.8. The molecule has 0 unspecified atom stereocenters. The summed E-state index contributed by atoms with van der Waals surface area (Å²) in [5, 5.41) is 0. The lowest BCUT2D eigenvalue weighted by atomic mass is 9.81. The van der Waals surface area contributed by atoms with Crippen molar-refractivity contribution in [1.82, 2.24) is 0 Å². The first kappa shape index (κ1) is 15.7. The Labute approximate surface area is 112 Å². The monoisotopic (exact) mass is 272 g/mol. The van der Waals surface area contributed by atoms with E-state index in [4.69, 9.17) is 9.16 Å². The van der Waals surface area contributed by atoms with E-state index >= 15 is 0 Å². The van der Waals surface area contributed by atoms with Crippen LogP contribution in [-0.4, -0.2) is 27.5 Å². The Morgan fingerprint density at radius 1 is 1.17 bits per heavy atom. The predicted molar refractivity (Wildman–Crippen MR) is 76.0 cm³/mol. The van der Waals surface area contributed by atoms with Gasteiger partial charge in [-0.15, -0.1) is 0 Å². The van der Waals surface area contributed by atoms with Gasteiger partial charge in [-0.1, -0.05) is 19.3 Å². The minimum atomic E-state index is -1.63. The molecule has 106 valence electrons. The molecule has 0 spiro atoms. The van der Waals surface area contributed by atoms with Crippen LogP contribution < -0.4 is 0 Å². The number of carbonyl (C=O) groups excluding carboxylic acids is 1. The maximum absolute atomic E-state index is 11.8. The second-order valence-electron chi connectivity index (χ2n) is 6.40. The van der Waals surface area contributed by atoms with Crippen LogP contribution in [-0.2, 0) is 14.0 Å². The van der Waals surface area contributed by atoms with Crippen molar-refractivity contribution in [2.75, 3.05) is 7.11 Å². The summed E-state index contributed by atoms with van der Waals surface area (Å²) in [5.74, 6) is 0.244. The van der Waals surface area contributed by atoms with Crippen LogP contribution in [0.4, 0.5) is 0 Å². The molecule has 18 heavy (non-hydrogen) atoms. The highest BCUT2D eigenvalue weighted by Crippen LogP contribution is 2.33. The smallest absolute Gasteiger partial charge is 0.310 e. The number of hydrogen-bond donors (Lipinski definition) is 0. The lowest BCUT2D eigenvalue weighted by Gasteiger charge is -2.37. The first-order valence-corrected chi connectivity index (χ1v) is 10.5. The highest BCUT2D eigenvalue weighted by atomic mass is 28.4. The fourth-order valence-corrected chi connectivity index (χ4v) is 4.01. The Hall–Kier alpha value is -0.353. The molecule has 0 radical (unpaired) electrons. The summed E-state index contributed by atoms with van der Waals surface area (Å²) >= 11 is 0. The number of esters is 1. The van der Waals surface area contributed by atoms with E-state index in [1.807, 2.05) is 6.92 Å². The third-order valence-corrected chi connectivity index (χ3v) is 4.65. The normalized spacial score (nSPS) is 21.4. The molecule has 0 bridgehead atoms. The molecule has 1 fully saturated rings. The van der Waals surface area contributed by atoms with Gasteiger partial charge in [0.1, 0.15) is 0 Å². The highest BCUT2D eigenvalue weighted by Gasteiger charge is 2.36. The number of methoxy groups -OCH3 is 1. The zero-order valence-electron chi connectivity index (χ0n) is 12.5. The van der Waals surface area contributed by atoms with Gasteiger partial charge in [0, 0.05) is 0 Å². The number of hydrogen-bond acceptors (Lipinski definition) is 3. The Balaban J connectivity index is 2.76. The lowest BCUT2D eigenvalue weighted by Crippen LogP contribution is -2.43. The molecule has 0 aromatic rings. The van der Waals surface area contributed by atoms with Crippen molar-refractivity contribution < 1.29 is 14.0 Å². The molecule has 1 saturated carbocycles. The van der Waals surface area contributed by atoms with Gasteiger partial charge >= 0.3 is 5.97 Å². The molecule has 0 aromatic carbocycles. The lowest BCUT2D eigenvalue weighted by molar-refractivity contribution is -0.149. The number of carbonyl (C=O) groups is 1. The average molecular weight is 272 g/mol. The minimum Gasteiger partial charge on any atom is -0.469 e. The Kier molecular flexibility index (Phi) is 5.85. The summed E-state index contributed by atoms with van der Waals surface area (Å²) in [6.07, 6.45) is 6.29. The summed E-state index contributed by atoms with van der Waals surface area (Å²) in [6, 6.07) is 0. The van der Waals surface area contributed by atoms with Crippen LogP contribution in [0.2, 0.25) is 19.6 Å². The van der Waals surface area contributed by atoms with Gasteiger partial charge in [-0.2, -0.15) is 0 Å². The summed E-state index contributed by atoms with van der Waals surface area (Å²) in [5.41, 5.74) is 0. The summed E-state index contributed by atoms with van der Waals surface area (Å²) in [4.78, 5) is 11.8. The van der Waals surface area contributed by atoms with E-state index in [2.05, 4.69) is 19.6 Å². The highest BCUT2D eigenvalue weighted by molar-refractivity contribution is 6.69. The van der Waals surface area contributed by atoms with E-state index < -0.39 is 8.32 Å². The van der Waals surface area contributed by atoms with Crippen molar-refractivity contribution in [2.24, 2.45) is 11.8 Å². The Bertz CT molecular complexity index is 267. The van der Waals surface area contributed by atoms with Crippen molar-refractivity contribution in [3.63, 3.8) is 0 Å². The SMILES string of the molecule is COC(=O)[C@H](C)[C@@H](O[Si](C)(C)C)C1CCCCC1. The Morgan fingerprint density at radius 3 is 2.17 bits per heavy atom. The first-order chi connectivity index (χ1) is 8.35. The molecule has 0 aromatic heterocycles. The van der Waals surface area contributed by atoms with Gasteiger partial charge in [-0.05, 0) is 45.3 Å². The number of rotatable bonds is 5. The second kappa shape index (κ2) is 6.71. The van der Waals surface area contributed by atoms with Gasteiger partial charge in [-0.25, -0.2) is 0 Å². The standard InChI is InChI=1S/C14H28O3Si/c1-11(14(15)16-2)13(17-18(3,4)5)12-9-7-6-8-10-12/h11-13H,6-10H2,1-5H3/t11-,13-/m1/s1. The minimum absolute atomic E-state index is 0.0458. The molecule has 0 amide bonds. The predicted octanol–water partition coefficient (Wildman–Crippen LogP) is 3.60. The van der Waals surface area contributed by atoms with Crippen molar-refractivity contribution in [1.29, 1.82) is 0 Å². The van der Waals surface area contributed by atoms with Gasteiger partial charge in [0.15, 0.2) is 8.32 Å². The topological polar surface area (TPSA) is 35.5 Å². The molecule has 1 rings (SSSR count).